The van der Waals surface area contributed by atoms with Gasteiger partial charge in [0, 0.05) is 19.8 Å². The summed E-state index contributed by atoms with van der Waals surface area (Å²) in [7, 11) is 4.83. The quantitative estimate of drug-likeness (QED) is 0.778. The van der Waals surface area contributed by atoms with E-state index in [1.165, 1.54) is 0 Å². The average Bonchev–Trinajstić information content (AvgIpc) is 3.03. The molecule has 0 bridgehead atoms. The molecule has 1 N–H and O–H groups in total. The summed E-state index contributed by atoms with van der Waals surface area (Å²) in [5.74, 6) is 0.277. The number of methoxy groups -OCH3 is 2. The Hall–Kier alpha value is -2.96. The van der Waals surface area contributed by atoms with E-state index >= 15 is 0 Å². The zero-order chi connectivity index (χ0) is 17.5. The van der Waals surface area contributed by atoms with Gasteiger partial charge in [-0.25, -0.2) is 4.79 Å². The van der Waals surface area contributed by atoms with Gasteiger partial charge in [0.15, 0.2) is 18.1 Å². The molecule has 7 nitrogen and oxygen atoms in total. The van der Waals surface area contributed by atoms with Gasteiger partial charge in [-0.1, -0.05) is 6.07 Å². The first-order valence-electron chi connectivity index (χ1n) is 7.31. The average molecular weight is 332 g/mol. The lowest BCUT2D eigenvalue weighted by Gasteiger charge is -2.10. The molecule has 2 aromatic rings. The number of carbonyl (C=O) groups is 2. The molecular weight excluding hydrogens is 312 g/mol. The maximum atomic E-state index is 11.8. The minimum Gasteiger partial charge on any atom is -0.493 e. The number of nitrogens with one attached hydrogen (secondary N) is 1. The first-order valence-corrected chi connectivity index (χ1v) is 7.31. The number of amides is 1. The van der Waals surface area contributed by atoms with Crippen LogP contribution < -0.4 is 14.8 Å². The second-order valence-electron chi connectivity index (χ2n) is 5.05. The molecule has 0 atom stereocenters. The van der Waals surface area contributed by atoms with Crippen molar-refractivity contribution in [2.24, 2.45) is 7.05 Å². The molecule has 2 rings (SSSR count). The number of hydrogen-bond donors (Lipinski definition) is 1. The molecule has 0 radical (unpaired) electrons. The smallest absolute Gasteiger partial charge is 0.355 e. The van der Waals surface area contributed by atoms with E-state index in [9.17, 15) is 9.59 Å². The van der Waals surface area contributed by atoms with Crippen LogP contribution in [0.4, 0.5) is 0 Å². The number of nitrogens with zero attached hydrogens (tertiary/aromatic N) is 1. The van der Waals surface area contributed by atoms with E-state index in [0.717, 1.165) is 5.56 Å². The molecule has 0 saturated heterocycles. The van der Waals surface area contributed by atoms with E-state index in [4.69, 9.17) is 14.2 Å². The van der Waals surface area contributed by atoms with Gasteiger partial charge >= 0.3 is 5.97 Å². The van der Waals surface area contributed by atoms with Gasteiger partial charge in [-0.3, -0.25) is 4.79 Å². The Morgan fingerprint density at radius 2 is 1.88 bits per heavy atom. The molecule has 7 heteroatoms. The Bertz CT molecular complexity index is 724. The highest BCUT2D eigenvalue weighted by molar-refractivity contribution is 5.89. The Labute approximate surface area is 140 Å². The lowest BCUT2D eigenvalue weighted by atomic mass is 10.2. The molecule has 0 unspecified atom stereocenters. The summed E-state index contributed by atoms with van der Waals surface area (Å²) in [4.78, 5) is 23.6. The van der Waals surface area contributed by atoms with E-state index < -0.39 is 5.97 Å². The van der Waals surface area contributed by atoms with Crippen molar-refractivity contribution in [3.05, 3.63) is 47.8 Å². The van der Waals surface area contributed by atoms with Crippen molar-refractivity contribution in [1.29, 1.82) is 0 Å². The van der Waals surface area contributed by atoms with Crippen LogP contribution in [0.2, 0.25) is 0 Å². The molecule has 0 fully saturated rings. The first-order chi connectivity index (χ1) is 11.5. The van der Waals surface area contributed by atoms with E-state index in [1.54, 1.807) is 56.3 Å². The zero-order valence-corrected chi connectivity index (χ0v) is 13.9. The van der Waals surface area contributed by atoms with Crippen molar-refractivity contribution >= 4 is 11.9 Å². The van der Waals surface area contributed by atoms with E-state index in [2.05, 4.69) is 5.32 Å². The second-order valence-corrected chi connectivity index (χ2v) is 5.05. The van der Waals surface area contributed by atoms with Gasteiger partial charge < -0.3 is 24.1 Å². The first kappa shape index (κ1) is 17.4. The monoisotopic (exact) mass is 332 g/mol. The SMILES string of the molecule is COc1ccc(CNC(=O)COC(=O)c2cccn2C)cc1OC. The van der Waals surface area contributed by atoms with Crippen molar-refractivity contribution in [3.63, 3.8) is 0 Å². The zero-order valence-electron chi connectivity index (χ0n) is 13.9. The fourth-order valence-corrected chi connectivity index (χ4v) is 2.12. The molecule has 1 aromatic heterocycles. The highest BCUT2D eigenvalue weighted by atomic mass is 16.5. The van der Waals surface area contributed by atoms with Gasteiger partial charge in [0.1, 0.15) is 5.69 Å². The molecule has 1 amide bonds. The van der Waals surface area contributed by atoms with Crippen LogP contribution in [0.3, 0.4) is 0 Å². The highest BCUT2D eigenvalue weighted by Gasteiger charge is 2.12. The van der Waals surface area contributed by atoms with Crippen molar-refractivity contribution < 1.29 is 23.8 Å². The summed E-state index contributed by atoms with van der Waals surface area (Å²) in [5.41, 5.74) is 1.23. The molecule has 0 spiro atoms. The summed E-state index contributed by atoms with van der Waals surface area (Å²) in [6, 6.07) is 8.71. The van der Waals surface area contributed by atoms with Crippen LogP contribution in [0.1, 0.15) is 16.1 Å². The maximum Gasteiger partial charge on any atom is 0.355 e. The standard InChI is InChI=1S/C17H20N2O5/c1-19-8-4-5-13(19)17(21)24-11-16(20)18-10-12-6-7-14(22-2)15(9-12)23-3/h4-9H,10-11H2,1-3H3,(H,18,20). The van der Waals surface area contributed by atoms with Crippen molar-refractivity contribution in [1.82, 2.24) is 9.88 Å². The lowest BCUT2D eigenvalue weighted by molar-refractivity contribution is -0.124. The van der Waals surface area contributed by atoms with Gasteiger partial charge in [0.25, 0.3) is 5.91 Å². The number of hydrogen-bond acceptors (Lipinski definition) is 5. The van der Waals surface area contributed by atoms with Crippen molar-refractivity contribution in [2.75, 3.05) is 20.8 Å². The minimum absolute atomic E-state index is 0.293. The van der Waals surface area contributed by atoms with Gasteiger partial charge in [-0.15, -0.1) is 0 Å². The van der Waals surface area contributed by atoms with Crippen LogP contribution >= 0.6 is 0 Å². The van der Waals surface area contributed by atoms with Gasteiger partial charge in [-0.05, 0) is 29.8 Å². The number of ether oxygens (including phenoxy) is 3. The summed E-state index contributed by atoms with van der Waals surface area (Å²) in [5, 5.41) is 2.68. The number of esters is 1. The van der Waals surface area contributed by atoms with E-state index in [0.29, 0.717) is 23.7 Å². The number of benzene rings is 1. The molecular formula is C17H20N2O5. The Morgan fingerprint density at radius 3 is 2.50 bits per heavy atom. The summed E-state index contributed by atoms with van der Waals surface area (Å²) in [6.45, 7) is -0.0435. The number of rotatable bonds is 7. The largest absolute Gasteiger partial charge is 0.493 e. The normalized spacial score (nSPS) is 10.1. The predicted octanol–water partition coefficient (Wildman–Crippen LogP) is 1.52. The Balaban J connectivity index is 1.83. The predicted molar refractivity (Wildman–Crippen MR) is 87.1 cm³/mol. The second kappa shape index (κ2) is 8.05. The summed E-state index contributed by atoms with van der Waals surface area (Å²) in [6.07, 6.45) is 1.73. The third-order valence-corrected chi connectivity index (χ3v) is 3.42. The minimum atomic E-state index is -0.538. The fraction of sp³-hybridized carbons (Fsp3) is 0.294. The van der Waals surface area contributed by atoms with Crippen LogP contribution in [0.15, 0.2) is 36.5 Å². The molecule has 0 saturated carbocycles. The van der Waals surface area contributed by atoms with Gasteiger partial charge in [-0.2, -0.15) is 0 Å². The van der Waals surface area contributed by atoms with Crippen LogP contribution in [0.5, 0.6) is 11.5 Å². The fourth-order valence-electron chi connectivity index (χ4n) is 2.12. The van der Waals surface area contributed by atoms with Crippen LogP contribution in [0, 0.1) is 0 Å². The Morgan fingerprint density at radius 1 is 1.12 bits per heavy atom. The van der Waals surface area contributed by atoms with Gasteiger partial charge in [0.05, 0.1) is 14.2 Å². The number of aromatic nitrogens is 1. The molecule has 1 aromatic carbocycles. The molecule has 24 heavy (non-hydrogen) atoms. The van der Waals surface area contributed by atoms with E-state index in [-0.39, 0.29) is 12.5 Å². The molecule has 0 aliphatic carbocycles. The molecule has 0 aliphatic heterocycles. The van der Waals surface area contributed by atoms with Crippen LogP contribution in [-0.2, 0) is 23.1 Å². The maximum absolute atomic E-state index is 11.8. The summed E-state index contributed by atoms with van der Waals surface area (Å²) >= 11 is 0. The van der Waals surface area contributed by atoms with Crippen molar-refractivity contribution in [2.45, 2.75) is 6.54 Å². The molecule has 128 valence electrons. The topological polar surface area (TPSA) is 78.8 Å². The lowest BCUT2D eigenvalue weighted by Crippen LogP contribution is -2.28. The van der Waals surface area contributed by atoms with Gasteiger partial charge in [0.2, 0.25) is 0 Å². The van der Waals surface area contributed by atoms with Crippen molar-refractivity contribution in [3.8, 4) is 11.5 Å². The third kappa shape index (κ3) is 4.28. The van der Waals surface area contributed by atoms with Crippen LogP contribution in [-0.4, -0.2) is 37.3 Å². The number of carbonyl (C=O) groups excluding carboxylic acids is 2. The number of aryl methyl sites for hydroxylation is 1. The Kier molecular flexibility index (Phi) is 5.83. The molecule has 1 heterocycles. The summed E-state index contributed by atoms with van der Waals surface area (Å²) < 4.78 is 17.0. The third-order valence-electron chi connectivity index (χ3n) is 3.42. The molecule has 0 aliphatic rings. The van der Waals surface area contributed by atoms with Crippen LogP contribution in [0.25, 0.3) is 0 Å². The van der Waals surface area contributed by atoms with E-state index in [1.807, 2.05) is 6.07 Å². The highest BCUT2D eigenvalue weighted by Crippen LogP contribution is 2.27.